The van der Waals surface area contributed by atoms with Gasteiger partial charge in [0.1, 0.15) is 37.3 Å². The molecule has 3 N–H and O–H groups in total. The molecule has 374 valence electrons. The van der Waals surface area contributed by atoms with E-state index in [4.69, 9.17) is 40.0 Å². The van der Waals surface area contributed by atoms with Crippen LogP contribution < -0.4 is 21.7 Å². The first-order valence-electron chi connectivity index (χ1n) is 23.5. The standard InChI is InChI=1S/C50H59N10O9PS/c1-6-24-66-70(71,57-39-26-42(59-27-33(2)48(63)55-49(59)64)68-40(39)28-65-44(62)23-22-34(3)61)67-29-41-38(25-43(69-41)60-32-53-45-46(54-31-58(4)5)51-30-52-47(45)60)56-50(35-16-10-7-11-17-35,36-18-12-8-13-19-36)37-20-14-9-15-21-37/h7-21,27,30-32,38-43,56H,6,22-26,28-29H2,1-5H3,(H,57,71)(H,55,63,64)/b54-31-/t38-,39-,40+,41+,42+,43+,70?/m0/s1. The topological polar surface area (TPSA) is 218 Å². The monoisotopic (exact) mass is 1010 g/mol. The summed E-state index contributed by atoms with van der Waals surface area (Å²) in [6, 6.07) is 29.7. The summed E-state index contributed by atoms with van der Waals surface area (Å²) in [4.78, 5) is 72.3. The van der Waals surface area contributed by atoms with Crippen LogP contribution in [0.25, 0.3) is 11.2 Å². The highest BCUT2D eigenvalue weighted by Gasteiger charge is 2.46. The number of fused-ring (bicyclic) bond motifs is 1. The minimum atomic E-state index is -3.48. The highest BCUT2D eigenvalue weighted by atomic mass is 32.5. The Morgan fingerprint density at radius 1 is 0.873 bits per heavy atom. The van der Waals surface area contributed by atoms with Crippen LogP contribution in [0.15, 0.2) is 124 Å². The van der Waals surface area contributed by atoms with Crippen molar-refractivity contribution in [1.29, 1.82) is 0 Å². The number of Topliss-reactive ketones (excluding diaryl/α,β-unsaturated/α-hetero) is 1. The van der Waals surface area contributed by atoms with Crippen LogP contribution in [-0.2, 0) is 50.2 Å². The third-order valence-electron chi connectivity index (χ3n) is 12.3. The van der Waals surface area contributed by atoms with Gasteiger partial charge in [-0.1, -0.05) is 97.9 Å². The van der Waals surface area contributed by atoms with Crippen molar-refractivity contribution < 1.29 is 32.8 Å². The molecule has 8 rings (SSSR count). The van der Waals surface area contributed by atoms with Gasteiger partial charge in [-0.25, -0.2) is 29.8 Å². The summed E-state index contributed by atoms with van der Waals surface area (Å²) < 4.78 is 35.5. The first-order chi connectivity index (χ1) is 34.3. The molecule has 21 heteroatoms. The van der Waals surface area contributed by atoms with Crippen LogP contribution in [0.1, 0.15) is 80.7 Å². The molecule has 3 aromatic heterocycles. The lowest BCUT2D eigenvalue weighted by atomic mass is 9.76. The predicted molar refractivity (Wildman–Crippen MR) is 271 cm³/mol. The second-order valence-corrected chi connectivity index (χ2v) is 21.0. The van der Waals surface area contributed by atoms with E-state index in [0.29, 0.717) is 35.4 Å². The molecule has 1 unspecified atom stereocenters. The van der Waals surface area contributed by atoms with Crippen molar-refractivity contribution in [2.75, 3.05) is 33.9 Å². The van der Waals surface area contributed by atoms with Crippen molar-refractivity contribution in [2.45, 2.75) is 95.2 Å². The largest absolute Gasteiger partial charge is 0.463 e. The quantitative estimate of drug-likeness (QED) is 0.0235. The number of nitrogens with one attached hydrogen (secondary N) is 3. The van der Waals surface area contributed by atoms with Gasteiger partial charge in [0.15, 0.2) is 17.0 Å². The summed E-state index contributed by atoms with van der Waals surface area (Å²) in [6.45, 7) is 1.44. The molecule has 19 nitrogen and oxygen atoms in total. The Balaban J connectivity index is 1.15. The molecule has 0 amide bonds. The fourth-order valence-electron chi connectivity index (χ4n) is 8.83. The number of carbonyl (C=O) groups excluding carboxylic acids is 2. The molecule has 0 radical (unpaired) electrons. The maximum absolute atomic E-state index is 13.1. The Bertz CT molecular complexity index is 2880. The van der Waals surface area contributed by atoms with Gasteiger partial charge in [0.05, 0.1) is 43.9 Å². The van der Waals surface area contributed by atoms with Gasteiger partial charge >= 0.3 is 11.7 Å². The van der Waals surface area contributed by atoms with E-state index < -0.39 is 66.1 Å². The normalized spacial score (nSPS) is 21.1. The molecule has 0 aliphatic carbocycles. The minimum absolute atomic E-state index is 0.0282. The lowest BCUT2D eigenvalue weighted by molar-refractivity contribution is -0.149. The van der Waals surface area contributed by atoms with Crippen molar-refractivity contribution in [3.8, 4) is 0 Å². The van der Waals surface area contributed by atoms with Gasteiger partial charge in [0, 0.05) is 57.2 Å². The van der Waals surface area contributed by atoms with Gasteiger partial charge in [-0.05, 0) is 48.8 Å². The minimum Gasteiger partial charge on any atom is -0.463 e. The smallest absolute Gasteiger partial charge is 0.330 e. The van der Waals surface area contributed by atoms with E-state index in [1.807, 2.05) is 85.1 Å². The van der Waals surface area contributed by atoms with Crippen molar-refractivity contribution in [2.24, 2.45) is 4.99 Å². The van der Waals surface area contributed by atoms with Crippen LogP contribution in [0.5, 0.6) is 0 Å². The second-order valence-electron chi connectivity index (χ2n) is 17.8. The molecule has 0 spiro atoms. The molecular weight excluding hydrogens is 948 g/mol. The molecule has 71 heavy (non-hydrogen) atoms. The third kappa shape index (κ3) is 12.0. The van der Waals surface area contributed by atoms with E-state index >= 15 is 0 Å². The number of aryl methyl sites for hydroxylation is 1. The summed E-state index contributed by atoms with van der Waals surface area (Å²) in [5.74, 6) is -0.321. The number of esters is 1. The summed E-state index contributed by atoms with van der Waals surface area (Å²) >= 11 is 6.34. The maximum atomic E-state index is 13.1. The number of benzene rings is 3. The number of hydrogen-bond acceptors (Lipinski definition) is 15. The average Bonchev–Trinajstić information content (AvgIpc) is 4.11. The van der Waals surface area contributed by atoms with Gasteiger partial charge in [-0.15, -0.1) is 0 Å². The number of ketones is 1. The van der Waals surface area contributed by atoms with E-state index in [-0.39, 0.29) is 44.9 Å². The Hall–Kier alpha value is -6.09. The number of rotatable bonds is 22. The van der Waals surface area contributed by atoms with Crippen molar-refractivity contribution in [1.82, 2.24) is 44.4 Å². The number of ether oxygens (including phenoxy) is 3. The van der Waals surface area contributed by atoms with Crippen LogP contribution >= 0.6 is 6.64 Å². The van der Waals surface area contributed by atoms with Crippen molar-refractivity contribution >= 4 is 53.5 Å². The number of aromatic nitrogens is 6. The Morgan fingerprint density at radius 3 is 2.08 bits per heavy atom. The molecule has 5 heterocycles. The number of aliphatic imine (C=N–C) groups is 1. The number of hydrogen-bond donors (Lipinski definition) is 3. The van der Waals surface area contributed by atoms with E-state index in [1.165, 1.54) is 24.0 Å². The Morgan fingerprint density at radius 2 is 1.48 bits per heavy atom. The zero-order valence-corrected chi connectivity index (χ0v) is 42.0. The zero-order valence-electron chi connectivity index (χ0n) is 40.3. The van der Waals surface area contributed by atoms with E-state index in [2.05, 4.69) is 66.7 Å². The predicted octanol–water partition coefficient (Wildman–Crippen LogP) is 5.97. The van der Waals surface area contributed by atoms with Crippen LogP contribution in [-0.4, -0.2) is 110 Å². The third-order valence-corrected chi connectivity index (χ3v) is 14.9. The summed E-state index contributed by atoms with van der Waals surface area (Å²) in [7, 11) is 3.74. The van der Waals surface area contributed by atoms with Gasteiger partial charge in [-0.3, -0.25) is 29.0 Å². The van der Waals surface area contributed by atoms with Gasteiger partial charge in [0.2, 0.25) is 0 Å². The number of aromatic amines is 1. The van der Waals surface area contributed by atoms with Crippen LogP contribution in [0, 0.1) is 6.92 Å². The fraction of sp³-hybridized carbons (Fsp3) is 0.400. The highest BCUT2D eigenvalue weighted by Crippen LogP contribution is 2.49. The Labute approximate surface area is 416 Å². The molecule has 2 fully saturated rings. The molecule has 2 aliphatic heterocycles. The van der Waals surface area contributed by atoms with Gasteiger partial charge in [0.25, 0.3) is 12.2 Å². The number of H-pyrrole nitrogens is 1. The number of imidazole rings is 1. The summed E-state index contributed by atoms with van der Waals surface area (Å²) in [6.07, 6.45) is 4.38. The number of nitrogens with zero attached hydrogens (tertiary/aromatic N) is 7. The lowest BCUT2D eigenvalue weighted by Gasteiger charge is -2.40. The molecule has 3 aromatic carbocycles. The van der Waals surface area contributed by atoms with Crippen LogP contribution in [0.3, 0.4) is 0 Å². The molecule has 0 bridgehead atoms. The molecule has 0 saturated carbocycles. The average molecular weight is 1010 g/mol. The Kier molecular flexibility index (Phi) is 16.6. The first-order valence-corrected chi connectivity index (χ1v) is 26.2. The molecular formula is C50H59N10O9PS. The van der Waals surface area contributed by atoms with Crippen molar-refractivity contribution in [3.05, 3.63) is 153 Å². The first kappa shape index (κ1) is 51.3. The molecule has 7 atom stereocenters. The molecule has 2 saturated heterocycles. The molecule has 6 aromatic rings. The van der Waals surface area contributed by atoms with E-state index in [0.717, 1.165) is 16.7 Å². The van der Waals surface area contributed by atoms with Crippen LogP contribution in [0.2, 0.25) is 0 Å². The second kappa shape index (κ2) is 23.0. The van der Waals surface area contributed by atoms with Crippen LogP contribution in [0.4, 0.5) is 5.82 Å². The summed E-state index contributed by atoms with van der Waals surface area (Å²) in [5.41, 5.74) is 2.29. The molecule has 2 aliphatic rings. The lowest BCUT2D eigenvalue weighted by Crippen LogP contribution is -2.53. The fourth-order valence-corrected chi connectivity index (χ4v) is 11.3. The highest BCUT2D eigenvalue weighted by molar-refractivity contribution is 8.09. The number of carbonyl (C=O) groups is 2. The van der Waals surface area contributed by atoms with Gasteiger partial charge < -0.3 is 33.0 Å². The van der Waals surface area contributed by atoms with E-state index in [9.17, 15) is 19.2 Å². The zero-order chi connectivity index (χ0) is 50.1. The van der Waals surface area contributed by atoms with Crippen molar-refractivity contribution in [3.63, 3.8) is 0 Å². The SMILES string of the molecule is CCCOP(=S)(N[C@H]1C[C@H](n2cc(C)c(=O)[nH]c2=O)O[C@@H]1COC(=O)CCC(C)=O)OC[C@H]1O[C@@H](n2cnc3c(/N=C\N(C)C)ncnc32)C[C@@H]1NC(c1ccccc1)(c1ccccc1)c1ccccc1. The van der Waals surface area contributed by atoms with E-state index in [1.54, 1.807) is 19.6 Å². The summed E-state index contributed by atoms with van der Waals surface area (Å²) in [5, 5.41) is 7.57. The van der Waals surface area contributed by atoms with Gasteiger partial charge in [-0.2, -0.15) is 0 Å². The maximum Gasteiger partial charge on any atom is 0.330 e.